The summed E-state index contributed by atoms with van der Waals surface area (Å²) in [5.41, 5.74) is 2.22. The maximum Gasteiger partial charge on any atom is 0.234 e. The number of hydrogen-bond donors (Lipinski definition) is 2. The van der Waals surface area contributed by atoms with Crippen molar-refractivity contribution in [1.82, 2.24) is 14.9 Å². The van der Waals surface area contributed by atoms with Crippen molar-refractivity contribution in [1.29, 1.82) is 0 Å². The van der Waals surface area contributed by atoms with E-state index >= 15 is 0 Å². The van der Waals surface area contributed by atoms with Crippen LogP contribution in [0.3, 0.4) is 0 Å². The minimum Gasteiger partial charge on any atom is -0.495 e. The van der Waals surface area contributed by atoms with Crippen LogP contribution in [0.1, 0.15) is 5.56 Å². The maximum atomic E-state index is 12.3. The molecule has 3 aromatic rings. The number of ether oxygens (including phenoxy) is 1. The van der Waals surface area contributed by atoms with Gasteiger partial charge in [0.1, 0.15) is 5.75 Å². The van der Waals surface area contributed by atoms with Gasteiger partial charge in [0.25, 0.3) is 0 Å². The number of carbonyl (C=O) groups is 1. The monoisotopic (exact) mass is 437 g/mol. The molecule has 1 heterocycles. The molecule has 0 saturated carbocycles. The van der Waals surface area contributed by atoms with Crippen molar-refractivity contribution in [2.75, 3.05) is 24.0 Å². The summed E-state index contributed by atoms with van der Waals surface area (Å²) in [5, 5.41) is 12.2. The molecule has 0 aliphatic heterocycles. The summed E-state index contributed by atoms with van der Waals surface area (Å²) in [6.07, 6.45) is 0. The van der Waals surface area contributed by atoms with Crippen LogP contribution in [0.25, 0.3) is 11.4 Å². The lowest BCUT2D eigenvalue weighted by atomic mass is 10.2. The third kappa shape index (κ3) is 4.52. The molecule has 10 heteroatoms. The zero-order valence-electron chi connectivity index (χ0n) is 15.1. The number of methoxy groups -OCH3 is 1. The molecule has 3 rings (SSSR count). The first-order valence-electron chi connectivity index (χ1n) is 8.12. The van der Waals surface area contributed by atoms with E-state index in [0.29, 0.717) is 38.0 Å². The summed E-state index contributed by atoms with van der Waals surface area (Å²) < 4.78 is 6.56. The number of anilines is 1. The lowest BCUT2D eigenvalue weighted by Crippen LogP contribution is -2.17. The van der Waals surface area contributed by atoms with Gasteiger partial charge < -0.3 is 15.9 Å². The highest BCUT2D eigenvalue weighted by molar-refractivity contribution is 7.99. The first kappa shape index (κ1) is 20.3. The van der Waals surface area contributed by atoms with E-state index in [1.807, 2.05) is 19.1 Å². The molecule has 146 valence electrons. The molecule has 28 heavy (non-hydrogen) atoms. The number of halogens is 2. The summed E-state index contributed by atoms with van der Waals surface area (Å²) in [7, 11) is 1.55. The molecule has 1 amide bonds. The minimum atomic E-state index is -0.219. The van der Waals surface area contributed by atoms with Gasteiger partial charge in [-0.05, 0) is 42.8 Å². The van der Waals surface area contributed by atoms with Gasteiger partial charge in [0.15, 0.2) is 5.82 Å². The van der Waals surface area contributed by atoms with E-state index in [4.69, 9.17) is 33.8 Å². The Hall–Kier alpha value is -2.42. The third-order valence-corrected chi connectivity index (χ3v) is 5.29. The first-order chi connectivity index (χ1) is 13.4. The van der Waals surface area contributed by atoms with Crippen LogP contribution in [-0.2, 0) is 4.79 Å². The van der Waals surface area contributed by atoms with Gasteiger partial charge in [-0.2, -0.15) is 0 Å². The molecule has 0 bridgehead atoms. The van der Waals surface area contributed by atoms with Crippen LogP contribution >= 0.6 is 35.0 Å². The quantitative estimate of drug-likeness (QED) is 0.446. The van der Waals surface area contributed by atoms with E-state index in [-0.39, 0.29) is 11.7 Å². The fraction of sp³-hybridized carbons (Fsp3) is 0.167. The van der Waals surface area contributed by atoms with E-state index in [0.717, 1.165) is 17.3 Å². The Morgan fingerprint density at radius 3 is 2.75 bits per heavy atom. The molecule has 2 aromatic carbocycles. The summed E-state index contributed by atoms with van der Waals surface area (Å²) in [4.78, 5) is 12.3. The van der Waals surface area contributed by atoms with Crippen molar-refractivity contribution in [3.05, 3.63) is 52.0 Å². The fourth-order valence-electron chi connectivity index (χ4n) is 2.47. The highest BCUT2D eigenvalue weighted by atomic mass is 35.5. The molecule has 7 nitrogen and oxygen atoms in total. The number of carbonyl (C=O) groups excluding carboxylic acids is 1. The summed E-state index contributed by atoms with van der Waals surface area (Å²) >= 11 is 13.3. The van der Waals surface area contributed by atoms with Crippen LogP contribution in [0.5, 0.6) is 5.75 Å². The van der Waals surface area contributed by atoms with E-state index in [2.05, 4.69) is 15.5 Å². The normalized spacial score (nSPS) is 10.7. The SMILES string of the molecule is COc1ccc(C)cc1NC(=O)CSc1nnc(-c2ccc(Cl)cc2Cl)n1N. The van der Waals surface area contributed by atoms with Crippen molar-refractivity contribution < 1.29 is 9.53 Å². The van der Waals surface area contributed by atoms with Gasteiger partial charge in [-0.3, -0.25) is 4.79 Å². The highest BCUT2D eigenvalue weighted by Gasteiger charge is 2.16. The van der Waals surface area contributed by atoms with Crippen molar-refractivity contribution >= 4 is 46.6 Å². The number of nitrogens with two attached hydrogens (primary N) is 1. The number of aryl methyl sites for hydroxylation is 1. The Morgan fingerprint density at radius 2 is 2.04 bits per heavy atom. The molecule has 0 atom stereocenters. The topological polar surface area (TPSA) is 95.1 Å². The van der Waals surface area contributed by atoms with Gasteiger partial charge in [-0.15, -0.1) is 10.2 Å². The molecule has 0 spiro atoms. The summed E-state index contributed by atoms with van der Waals surface area (Å²) in [6.45, 7) is 1.93. The van der Waals surface area contributed by atoms with Gasteiger partial charge >= 0.3 is 0 Å². The summed E-state index contributed by atoms with van der Waals surface area (Å²) in [5.74, 6) is 6.92. The second-order valence-corrected chi connectivity index (χ2v) is 7.63. The Kier molecular flexibility index (Phi) is 6.33. The third-order valence-electron chi connectivity index (χ3n) is 3.80. The zero-order valence-corrected chi connectivity index (χ0v) is 17.4. The van der Waals surface area contributed by atoms with E-state index in [1.54, 1.807) is 31.4 Å². The lowest BCUT2D eigenvalue weighted by Gasteiger charge is -2.11. The lowest BCUT2D eigenvalue weighted by molar-refractivity contribution is -0.113. The minimum absolute atomic E-state index is 0.0980. The second kappa shape index (κ2) is 8.72. The number of rotatable bonds is 6. The first-order valence-corrected chi connectivity index (χ1v) is 9.86. The average Bonchev–Trinajstić information content (AvgIpc) is 3.01. The molecule has 0 unspecified atom stereocenters. The largest absolute Gasteiger partial charge is 0.495 e. The van der Waals surface area contributed by atoms with Crippen LogP contribution < -0.4 is 15.9 Å². The number of nitrogens with one attached hydrogen (secondary N) is 1. The number of benzene rings is 2. The van der Waals surface area contributed by atoms with E-state index in [1.165, 1.54) is 4.68 Å². The molecule has 0 aliphatic carbocycles. The van der Waals surface area contributed by atoms with E-state index in [9.17, 15) is 4.79 Å². The molecule has 0 radical (unpaired) electrons. The molecular weight excluding hydrogens is 421 g/mol. The van der Waals surface area contributed by atoms with Crippen LogP contribution in [-0.4, -0.2) is 33.6 Å². The van der Waals surface area contributed by atoms with Crippen LogP contribution in [0.2, 0.25) is 10.0 Å². The fourth-order valence-corrected chi connectivity index (χ4v) is 3.62. The summed E-state index contributed by atoms with van der Waals surface area (Å²) in [6, 6.07) is 10.5. The molecule has 0 aliphatic rings. The molecule has 3 N–H and O–H groups in total. The predicted molar refractivity (Wildman–Crippen MR) is 113 cm³/mol. The standard InChI is InChI=1S/C18H17Cl2N5O2S/c1-10-3-6-15(27-2)14(7-10)22-16(26)9-28-18-24-23-17(25(18)21)12-5-4-11(19)8-13(12)20/h3-8H,9,21H2,1-2H3,(H,22,26). The highest BCUT2D eigenvalue weighted by Crippen LogP contribution is 2.30. The van der Waals surface area contributed by atoms with Crippen LogP contribution in [0, 0.1) is 6.92 Å². The van der Waals surface area contributed by atoms with Gasteiger partial charge in [0.05, 0.1) is 23.6 Å². The van der Waals surface area contributed by atoms with E-state index < -0.39 is 0 Å². The number of aromatic nitrogens is 3. The Bertz CT molecular complexity index is 1030. The smallest absolute Gasteiger partial charge is 0.234 e. The molecule has 1 aromatic heterocycles. The van der Waals surface area contributed by atoms with Gasteiger partial charge in [-0.25, -0.2) is 4.68 Å². The Labute approximate surface area is 176 Å². The number of amides is 1. The zero-order chi connectivity index (χ0) is 20.3. The number of nitrogens with zero attached hydrogens (tertiary/aromatic N) is 3. The van der Waals surface area contributed by atoms with Crippen molar-refractivity contribution in [3.8, 4) is 17.1 Å². The van der Waals surface area contributed by atoms with Crippen LogP contribution in [0.15, 0.2) is 41.6 Å². The number of hydrogen-bond acceptors (Lipinski definition) is 6. The average molecular weight is 438 g/mol. The molecule has 0 saturated heterocycles. The van der Waals surface area contributed by atoms with Crippen molar-refractivity contribution in [2.45, 2.75) is 12.1 Å². The van der Waals surface area contributed by atoms with Gasteiger partial charge in [0, 0.05) is 10.6 Å². The molecule has 0 fully saturated rings. The Balaban J connectivity index is 1.69. The predicted octanol–water partition coefficient (Wildman–Crippen LogP) is 4.01. The Morgan fingerprint density at radius 1 is 1.25 bits per heavy atom. The maximum absolute atomic E-state index is 12.3. The van der Waals surface area contributed by atoms with Crippen molar-refractivity contribution in [2.24, 2.45) is 0 Å². The van der Waals surface area contributed by atoms with Crippen molar-refractivity contribution in [3.63, 3.8) is 0 Å². The van der Waals surface area contributed by atoms with Gasteiger partial charge in [0.2, 0.25) is 11.1 Å². The number of nitrogen functional groups attached to an aromatic ring is 1. The van der Waals surface area contributed by atoms with Crippen LogP contribution in [0.4, 0.5) is 5.69 Å². The second-order valence-electron chi connectivity index (χ2n) is 5.84. The number of thioether (sulfide) groups is 1. The van der Waals surface area contributed by atoms with Gasteiger partial charge in [-0.1, -0.05) is 41.0 Å². The molecular formula is C18H17Cl2N5O2S.